The van der Waals surface area contributed by atoms with Gasteiger partial charge in [0.1, 0.15) is 0 Å². The van der Waals surface area contributed by atoms with Crippen molar-refractivity contribution in [3.8, 4) is 0 Å². The SMILES string of the molecule is CCOP(=O)(CCCN(CC)S(=O)(=O)C(F)(F)C(F)(F)C(F)(F)C(F)(F)F)OCC. The van der Waals surface area contributed by atoms with Crippen molar-refractivity contribution in [1.29, 1.82) is 0 Å². The number of rotatable bonds is 13. The van der Waals surface area contributed by atoms with E-state index >= 15 is 0 Å². The third-order valence-corrected chi connectivity index (χ3v) is 7.82. The fraction of sp³-hybridized carbons (Fsp3) is 1.00. The minimum atomic E-state index is -7.34. The summed E-state index contributed by atoms with van der Waals surface area (Å²) in [5.41, 5.74) is 0. The zero-order valence-electron chi connectivity index (χ0n) is 16.0. The van der Waals surface area contributed by atoms with Crippen molar-refractivity contribution >= 4 is 17.6 Å². The van der Waals surface area contributed by atoms with Gasteiger partial charge < -0.3 is 9.05 Å². The molecule has 0 aromatic rings. The first-order valence-electron chi connectivity index (χ1n) is 8.37. The maximum absolute atomic E-state index is 13.9. The standard InChI is InChI=1S/C13H21F9NO5PS/c1-4-23(8-7-9-29(24,27-5-2)28-6-3)30(25,26)13(21,22)11(16,17)10(14,15)12(18,19)20/h4-9H2,1-3H3. The summed E-state index contributed by atoms with van der Waals surface area (Å²) in [6, 6.07) is 0. The topological polar surface area (TPSA) is 72.9 Å². The van der Waals surface area contributed by atoms with Gasteiger partial charge in [0.2, 0.25) is 0 Å². The molecule has 0 N–H and O–H groups in total. The summed E-state index contributed by atoms with van der Waals surface area (Å²) >= 11 is 0. The van der Waals surface area contributed by atoms with Crippen LogP contribution in [-0.2, 0) is 23.6 Å². The molecule has 17 heteroatoms. The number of hydrogen-bond donors (Lipinski definition) is 0. The second-order valence-corrected chi connectivity index (χ2v) is 9.85. The zero-order valence-corrected chi connectivity index (χ0v) is 17.7. The number of nitrogens with zero attached hydrogens (tertiary/aromatic N) is 1. The van der Waals surface area contributed by atoms with E-state index in [1.54, 1.807) is 0 Å². The van der Waals surface area contributed by atoms with Crippen LogP contribution in [0.5, 0.6) is 0 Å². The molecule has 0 bridgehead atoms. The summed E-state index contributed by atoms with van der Waals surface area (Å²) in [4.78, 5) is 0. The molecule has 0 aliphatic rings. The lowest BCUT2D eigenvalue weighted by Crippen LogP contribution is -2.65. The first kappa shape index (κ1) is 29.4. The third kappa shape index (κ3) is 5.61. The Hall–Kier alpha value is -0.570. The van der Waals surface area contributed by atoms with Gasteiger partial charge in [-0.25, -0.2) is 8.42 Å². The molecule has 0 radical (unpaired) electrons. The van der Waals surface area contributed by atoms with Crippen LogP contribution in [0.15, 0.2) is 0 Å². The van der Waals surface area contributed by atoms with E-state index in [4.69, 9.17) is 9.05 Å². The molecule has 0 unspecified atom stereocenters. The van der Waals surface area contributed by atoms with Gasteiger partial charge in [0.05, 0.1) is 19.4 Å². The molecule has 182 valence electrons. The normalized spacial score (nSPS) is 15.1. The van der Waals surface area contributed by atoms with Crippen molar-refractivity contribution in [2.24, 2.45) is 0 Å². The fourth-order valence-corrected chi connectivity index (χ4v) is 5.27. The van der Waals surface area contributed by atoms with Crippen molar-refractivity contribution in [2.75, 3.05) is 32.5 Å². The molecule has 0 aliphatic carbocycles. The third-order valence-electron chi connectivity index (χ3n) is 3.62. The van der Waals surface area contributed by atoms with Gasteiger partial charge in [0, 0.05) is 13.1 Å². The van der Waals surface area contributed by atoms with Crippen LogP contribution in [0.3, 0.4) is 0 Å². The van der Waals surface area contributed by atoms with E-state index in [-0.39, 0.29) is 13.2 Å². The highest BCUT2D eigenvalue weighted by Crippen LogP contribution is 2.55. The summed E-state index contributed by atoms with van der Waals surface area (Å²) in [5.74, 6) is -14.6. The Morgan fingerprint density at radius 2 is 1.27 bits per heavy atom. The first-order chi connectivity index (χ1) is 13.3. The van der Waals surface area contributed by atoms with Crippen LogP contribution in [0.1, 0.15) is 27.2 Å². The molecule has 0 saturated heterocycles. The van der Waals surface area contributed by atoms with Crippen LogP contribution in [-0.4, -0.2) is 68.5 Å². The highest BCUT2D eigenvalue weighted by Gasteiger charge is 2.85. The Balaban J connectivity index is 5.77. The average Bonchev–Trinajstić information content (AvgIpc) is 2.57. The Kier molecular flexibility index (Phi) is 9.73. The lowest BCUT2D eigenvalue weighted by atomic mass is 10.1. The number of alkyl halides is 9. The van der Waals surface area contributed by atoms with E-state index in [0.717, 1.165) is 6.92 Å². The molecule has 0 aliphatic heterocycles. The average molecular weight is 505 g/mol. The Morgan fingerprint density at radius 1 is 0.833 bits per heavy atom. The van der Waals surface area contributed by atoms with Gasteiger partial charge in [-0.1, -0.05) is 6.92 Å². The molecule has 0 aromatic carbocycles. The Labute approximate surface area is 167 Å². The molecular formula is C13H21F9NO5PS. The number of sulfonamides is 1. The van der Waals surface area contributed by atoms with Crippen molar-refractivity contribution in [3.05, 3.63) is 0 Å². The number of hydrogen-bond acceptors (Lipinski definition) is 5. The van der Waals surface area contributed by atoms with Crippen LogP contribution in [0.4, 0.5) is 39.5 Å². The van der Waals surface area contributed by atoms with Crippen LogP contribution >= 0.6 is 7.60 Å². The molecule has 0 rings (SSSR count). The van der Waals surface area contributed by atoms with Crippen LogP contribution in [0.25, 0.3) is 0 Å². The van der Waals surface area contributed by atoms with E-state index in [1.807, 2.05) is 0 Å². The minimum absolute atomic E-state index is 0.107. The largest absolute Gasteiger partial charge is 0.460 e. The zero-order chi connectivity index (χ0) is 24.2. The second-order valence-electron chi connectivity index (χ2n) is 5.68. The molecule has 0 spiro atoms. The predicted octanol–water partition coefficient (Wildman–Crippen LogP) is 4.72. The summed E-state index contributed by atoms with van der Waals surface area (Å²) in [6.07, 6.45) is -8.27. The molecule has 0 aromatic heterocycles. The van der Waals surface area contributed by atoms with Crippen LogP contribution in [0.2, 0.25) is 0 Å². The summed E-state index contributed by atoms with van der Waals surface area (Å²) < 4.78 is 162. The van der Waals surface area contributed by atoms with Gasteiger partial charge in [-0.15, -0.1) is 0 Å². The van der Waals surface area contributed by atoms with E-state index in [1.165, 1.54) is 13.8 Å². The summed E-state index contributed by atoms with van der Waals surface area (Å²) in [7, 11) is -10.5. The van der Waals surface area contributed by atoms with Gasteiger partial charge in [0.25, 0.3) is 10.0 Å². The molecule has 0 heterocycles. The minimum Gasteiger partial charge on any atom is -0.309 e. The van der Waals surface area contributed by atoms with Gasteiger partial charge in [0.15, 0.2) is 0 Å². The first-order valence-corrected chi connectivity index (χ1v) is 11.5. The maximum atomic E-state index is 13.9. The highest BCUT2D eigenvalue weighted by molar-refractivity contribution is 7.90. The second kappa shape index (κ2) is 9.92. The maximum Gasteiger partial charge on any atom is 0.460 e. The smallest absolute Gasteiger partial charge is 0.309 e. The van der Waals surface area contributed by atoms with Crippen molar-refractivity contribution in [1.82, 2.24) is 4.31 Å². The van der Waals surface area contributed by atoms with Crippen molar-refractivity contribution in [2.45, 2.75) is 50.5 Å². The predicted molar refractivity (Wildman–Crippen MR) is 87.4 cm³/mol. The van der Waals surface area contributed by atoms with Gasteiger partial charge in [-0.2, -0.15) is 43.8 Å². The lowest BCUT2D eigenvalue weighted by Gasteiger charge is -2.35. The Bertz CT molecular complexity index is 704. The van der Waals surface area contributed by atoms with Gasteiger partial charge in [-0.05, 0) is 20.3 Å². The van der Waals surface area contributed by atoms with E-state index < -0.39 is 70.9 Å². The fourth-order valence-electron chi connectivity index (χ4n) is 2.13. The number of halogens is 9. The molecule has 0 saturated carbocycles. The van der Waals surface area contributed by atoms with Crippen LogP contribution in [0, 0.1) is 0 Å². The van der Waals surface area contributed by atoms with Crippen molar-refractivity contribution in [3.63, 3.8) is 0 Å². The molecule has 6 nitrogen and oxygen atoms in total. The monoisotopic (exact) mass is 505 g/mol. The lowest BCUT2D eigenvalue weighted by molar-refractivity contribution is -0.382. The molecule has 30 heavy (non-hydrogen) atoms. The van der Waals surface area contributed by atoms with Gasteiger partial charge in [-0.3, -0.25) is 4.57 Å². The van der Waals surface area contributed by atoms with E-state index in [2.05, 4.69) is 0 Å². The van der Waals surface area contributed by atoms with E-state index in [9.17, 15) is 52.5 Å². The summed E-state index contributed by atoms with van der Waals surface area (Å²) in [5, 5.41) is -6.81. The molecule has 0 amide bonds. The quantitative estimate of drug-likeness (QED) is 0.268. The van der Waals surface area contributed by atoms with E-state index in [0.29, 0.717) is 0 Å². The van der Waals surface area contributed by atoms with Crippen molar-refractivity contribution < 1.29 is 61.5 Å². The molecular weight excluding hydrogens is 484 g/mol. The summed E-state index contributed by atoms with van der Waals surface area (Å²) in [6.45, 7) is 1.48. The molecule has 0 fully saturated rings. The Morgan fingerprint density at radius 3 is 1.60 bits per heavy atom. The molecule has 0 atom stereocenters. The van der Waals surface area contributed by atoms with Gasteiger partial charge >= 0.3 is 30.9 Å². The highest BCUT2D eigenvalue weighted by atomic mass is 32.2. The van der Waals surface area contributed by atoms with Crippen LogP contribution < -0.4 is 0 Å².